The fourth-order valence-electron chi connectivity index (χ4n) is 2.17. The molecule has 2 aromatic carbocycles. The largest absolute Gasteiger partial charge is 0.485 e. The molecule has 0 aliphatic rings. The van der Waals surface area contributed by atoms with Gasteiger partial charge in [-0.15, -0.1) is 0 Å². The van der Waals surface area contributed by atoms with E-state index in [1.165, 1.54) is 0 Å². The Balaban J connectivity index is 1.84. The van der Waals surface area contributed by atoms with E-state index in [1.807, 2.05) is 36.4 Å². The summed E-state index contributed by atoms with van der Waals surface area (Å²) in [4.78, 5) is 4.20. The summed E-state index contributed by atoms with van der Waals surface area (Å²) in [6, 6.07) is 17.0. The zero-order chi connectivity index (χ0) is 16.2. The number of hydrogen-bond acceptors (Lipinski definition) is 3. The Hall–Kier alpha value is -2.23. The van der Waals surface area contributed by atoms with E-state index in [1.54, 1.807) is 24.4 Å². The summed E-state index contributed by atoms with van der Waals surface area (Å²) < 4.78 is 5.79. The predicted octanol–water partition coefficient (Wildman–Crippen LogP) is 5.22. The van der Waals surface area contributed by atoms with Gasteiger partial charge in [0.1, 0.15) is 6.61 Å². The van der Waals surface area contributed by atoms with Crippen LogP contribution in [-0.2, 0) is 6.61 Å². The highest BCUT2D eigenvalue weighted by Gasteiger charge is 2.08. The molecule has 1 heterocycles. The molecule has 0 aliphatic heterocycles. The van der Waals surface area contributed by atoms with Gasteiger partial charge in [-0.25, -0.2) is 4.98 Å². The predicted molar refractivity (Wildman–Crippen MR) is 94.9 cm³/mol. The standard InChI is InChI=1S/C18H14Cl2N2O/c19-15-6-7-16(20)14(8-15)11-23-17-9-13(10-22-18(17)21)12-4-2-1-3-5-12/h1-10H,11H2,(H2,21,22). The van der Waals surface area contributed by atoms with Crippen LogP contribution in [-0.4, -0.2) is 4.98 Å². The average Bonchev–Trinajstić information content (AvgIpc) is 2.58. The van der Waals surface area contributed by atoms with Gasteiger partial charge in [0.15, 0.2) is 11.6 Å². The van der Waals surface area contributed by atoms with Gasteiger partial charge in [0.05, 0.1) is 0 Å². The smallest absolute Gasteiger partial charge is 0.166 e. The fraction of sp³-hybridized carbons (Fsp3) is 0.0556. The van der Waals surface area contributed by atoms with Crippen molar-refractivity contribution in [2.24, 2.45) is 0 Å². The molecule has 116 valence electrons. The maximum absolute atomic E-state index is 6.14. The molecule has 2 N–H and O–H groups in total. The van der Waals surface area contributed by atoms with Crippen LogP contribution in [0.3, 0.4) is 0 Å². The number of nitrogens with two attached hydrogens (primary N) is 1. The van der Waals surface area contributed by atoms with Gasteiger partial charge in [-0.05, 0) is 29.8 Å². The molecule has 3 rings (SSSR count). The molecule has 0 unspecified atom stereocenters. The number of halogens is 2. The first-order valence-electron chi connectivity index (χ1n) is 7.01. The van der Waals surface area contributed by atoms with Crippen molar-refractivity contribution in [3.05, 3.63) is 76.4 Å². The van der Waals surface area contributed by atoms with Gasteiger partial charge in [-0.1, -0.05) is 53.5 Å². The van der Waals surface area contributed by atoms with Crippen LogP contribution in [0.25, 0.3) is 11.1 Å². The molecule has 0 bridgehead atoms. The molecule has 3 nitrogen and oxygen atoms in total. The third-order valence-electron chi connectivity index (χ3n) is 3.38. The quantitative estimate of drug-likeness (QED) is 0.705. The van der Waals surface area contributed by atoms with Crippen LogP contribution >= 0.6 is 23.2 Å². The number of benzene rings is 2. The van der Waals surface area contributed by atoms with E-state index in [2.05, 4.69) is 4.98 Å². The number of anilines is 1. The molecule has 0 saturated carbocycles. The zero-order valence-corrected chi connectivity index (χ0v) is 13.7. The monoisotopic (exact) mass is 344 g/mol. The maximum Gasteiger partial charge on any atom is 0.166 e. The minimum Gasteiger partial charge on any atom is -0.485 e. The van der Waals surface area contributed by atoms with Crippen molar-refractivity contribution < 1.29 is 4.74 Å². The average molecular weight is 345 g/mol. The highest BCUT2D eigenvalue weighted by atomic mass is 35.5. The summed E-state index contributed by atoms with van der Waals surface area (Å²) in [6.45, 7) is 0.267. The second-order valence-electron chi connectivity index (χ2n) is 5.00. The fourth-order valence-corrected chi connectivity index (χ4v) is 2.54. The Kier molecular flexibility index (Phi) is 4.70. The van der Waals surface area contributed by atoms with Crippen LogP contribution in [0.15, 0.2) is 60.8 Å². The molecule has 0 fully saturated rings. The van der Waals surface area contributed by atoms with Crippen LogP contribution in [0.5, 0.6) is 5.75 Å². The van der Waals surface area contributed by atoms with Crippen LogP contribution in [0.1, 0.15) is 5.56 Å². The van der Waals surface area contributed by atoms with E-state index in [0.29, 0.717) is 21.6 Å². The van der Waals surface area contributed by atoms with Gasteiger partial charge in [0, 0.05) is 27.4 Å². The van der Waals surface area contributed by atoms with Crippen LogP contribution in [0.2, 0.25) is 10.0 Å². The molecule has 0 amide bonds. The highest BCUT2D eigenvalue weighted by Crippen LogP contribution is 2.28. The van der Waals surface area contributed by atoms with E-state index in [4.69, 9.17) is 33.7 Å². The molecule has 0 atom stereocenters. The Morgan fingerprint density at radius 2 is 1.74 bits per heavy atom. The molecule has 0 saturated heterocycles. The molecule has 0 aliphatic carbocycles. The third-order valence-corrected chi connectivity index (χ3v) is 3.98. The first-order chi connectivity index (χ1) is 11.1. The minimum atomic E-state index is 0.267. The molecule has 1 aromatic heterocycles. The lowest BCUT2D eigenvalue weighted by Gasteiger charge is -2.11. The van der Waals surface area contributed by atoms with Gasteiger partial charge < -0.3 is 10.5 Å². The first-order valence-corrected chi connectivity index (χ1v) is 7.77. The summed E-state index contributed by atoms with van der Waals surface area (Å²) in [6.07, 6.45) is 1.73. The summed E-state index contributed by atoms with van der Waals surface area (Å²) in [5.74, 6) is 0.852. The number of pyridine rings is 1. The number of rotatable bonds is 4. The maximum atomic E-state index is 6.14. The van der Waals surface area contributed by atoms with Crippen LogP contribution in [0, 0.1) is 0 Å². The second-order valence-corrected chi connectivity index (χ2v) is 5.84. The van der Waals surface area contributed by atoms with Gasteiger partial charge in [-0.3, -0.25) is 0 Å². The molecule has 0 radical (unpaired) electrons. The van der Waals surface area contributed by atoms with Crippen molar-refractivity contribution in [3.8, 4) is 16.9 Å². The van der Waals surface area contributed by atoms with E-state index < -0.39 is 0 Å². The SMILES string of the molecule is Nc1ncc(-c2ccccc2)cc1OCc1cc(Cl)ccc1Cl. The normalized spacial score (nSPS) is 10.5. The molecular formula is C18H14Cl2N2O. The van der Waals surface area contributed by atoms with E-state index in [9.17, 15) is 0 Å². The third kappa shape index (κ3) is 3.76. The summed E-state index contributed by atoms with van der Waals surface area (Å²) in [7, 11) is 0. The Morgan fingerprint density at radius 3 is 2.52 bits per heavy atom. The van der Waals surface area contributed by atoms with Crippen LogP contribution in [0.4, 0.5) is 5.82 Å². The first kappa shape index (κ1) is 15.7. The molecule has 3 aromatic rings. The number of ether oxygens (including phenoxy) is 1. The van der Waals surface area contributed by atoms with Crippen molar-refractivity contribution in [2.75, 3.05) is 5.73 Å². The van der Waals surface area contributed by atoms with Crippen molar-refractivity contribution in [1.29, 1.82) is 0 Å². The van der Waals surface area contributed by atoms with Crippen molar-refractivity contribution in [2.45, 2.75) is 6.61 Å². The van der Waals surface area contributed by atoms with E-state index in [-0.39, 0.29) is 6.61 Å². The zero-order valence-electron chi connectivity index (χ0n) is 12.2. The van der Waals surface area contributed by atoms with Crippen molar-refractivity contribution in [1.82, 2.24) is 4.98 Å². The minimum absolute atomic E-state index is 0.267. The van der Waals surface area contributed by atoms with Crippen molar-refractivity contribution >= 4 is 29.0 Å². The molecular weight excluding hydrogens is 331 g/mol. The highest BCUT2D eigenvalue weighted by molar-refractivity contribution is 6.33. The van der Waals surface area contributed by atoms with Gasteiger partial charge in [-0.2, -0.15) is 0 Å². The van der Waals surface area contributed by atoms with E-state index >= 15 is 0 Å². The number of aromatic nitrogens is 1. The summed E-state index contributed by atoms with van der Waals surface area (Å²) in [5.41, 5.74) is 8.68. The number of nitrogen functional groups attached to an aromatic ring is 1. The topological polar surface area (TPSA) is 48.1 Å². The number of hydrogen-bond donors (Lipinski definition) is 1. The Labute approximate surface area is 144 Å². The molecule has 23 heavy (non-hydrogen) atoms. The molecule has 5 heteroatoms. The van der Waals surface area contributed by atoms with Crippen molar-refractivity contribution in [3.63, 3.8) is 0 Å². The number of nitrogens with zero attached hydrogens (tertiary/aromatic N) is 1. The summed E-state index contributed by atoms with van der Waals surface area (Å²) in [5, 5.41) is 1.21. The Bertz CT molecular complexity index is 823. The lowest BCUT2D eigenvalue weighted by molar-refractivity contribution is 0.307. The Morgan fingerprint density at radius 1 is 0.957 bits per heavy atom. The van der Waals surface area contributed by atoms with Crippen LogP contribution < -0.4 is 10.5 Å². The lowest BCUT2D eigenvalue weighted by Crippen LogP contribution is -2.01. The van der Waals surface area contributed by atoms with Gasteiger partial charge >= 0.3 is 0 Å². The molecule has 0 spiro atoms. The lowest BCUT2D eigenvalue weighted by atomic mass is 10.1. The van der Waals surface area contributed by atoms with E-state index in [0.717, 1.165) is 16.7 Å². The second kappa shape index (κ2) is 6.90. The summed E-state index contributed by atoms with van der Waals surface area (Å²) >= 11 is 12.1. The van der Waals surface area contributed by atoms with Gasteiger partial charge in [0.25, 0.3) is 0 Å². The van der Waals surface area contributed by atoms with Gasteiger partial charge in [0.2, 0.25) is 0 Å².